The van der Waals surface area contributed by atoms with Crippen LogP contribution in [-0.4, -0.2) is 272 Å². The maximum atomic E-state index is 14.4. The Labute approximate surface area is 791 Å². The first kappa shape index (κ1) is 102. The molecule has 3 saturated heterocycles. The summed E-state index contributed by atoms with van der Waals surface area (Å²) in [6.45, 7) is 15.5. The van der Waals surface area contributed by atoms with Gasteiger partial charge in [0.1, 0.15) is 59.1 Å². The fourth-order valence-electron chi connectivity index (χ4n) is 18.7. The Morgan fingerprint density at radius 2 is 1.46 bits per heavy atom. The van der Waals surface area contributed by atoms with Crippen molar-refractivity contribution in [1.29, 1.82) is 0 Å². The van der Waals surface area contributed by atoms with Crippen molar-refractivity contribution < 1.29 is 96.0 Å². The lowest BCUT2D eigenvalue weighted by Crippen LogP contribution is -2.55. The van der Waals surface area contributed by atoms with Crippen LogP contribution in [0.15, 0.2) is 120 Å². The van der Waals surface area contributed by atoms with Gasteiger partial charge in [-0.05, 0) is 169 Å². The number of aliphatic hydroxyl groups excluding tert-OH is 2. The van der Waals surface area contributed by atoms with E-state index < -0.39 is 89.0 Å². The number of carbonyl (C=O) groups is 8. The van der Waals surface area contributed by atoms with Gasteiger partial charge in [-0.1, -0.05) is 81.3 Å². The number of allylic oxidation sites excluding steroid dienone is 6. The molecule has 2 saturated carbocycles. The van der Waals surface area contributed by atoms with Crippen molar-refractivity contribution in [2.45, 2.75) is 236 Å². The molecule has 38 heteroatoms. The second-order valence-electron chi connectivity index (χ2n) is 37.0. The first-order valence-electron chi connectivity index (χ1n) is 47.4. The van der Waals surface area contributed by atoms with E-state index in [1.54, 1.807) is 53.5 Å². The summed E-state index contributed by atoms with van der Waals surface area (Å²) < 4.78 is 54.1. The zero-order chi connectivity index (χ0) is 96.6. The summed E-state index contributed by atoms with van der Waals surface area (Å²) >= 11 is 0. The topological polar surface area (TPSA) is 516 Å². The number of nitrogens with two attached hydrogens (primary N) is 3. The smallest absolute Gasteiger partial charge is 0.407 e. The maximum Gasteiger partial charge on any atom is 0.407 e. The molecule has 136 heavy (non-hydrogen) atoms. The number of benzene rings is 2. The summed E-state index contributed by atoms with van der Waals surface area (Å²) in [5, 5.41) is 48.1. The largest absolute Gasteiger partial charge is 0.459 e. The van der Waals surface area contributed by atoms with Crippen LogP contribution in [0.5, 0.6) is 0 Å². The van der Waals surface area contributed by atoms with Crippen molar-refractivity contribution in [2.75, 3.05) is 121 Å². The zero-order valence-corrected chi connectivity index (χ0v) is 78.9. The number of alkyl carbamates (subject to hydrolysis) is 1. The molecule has 2 aromatic carbocycles. The quantitative estimate of drug-likeness (QED) is 0.00436. The molecule has 0 radical (unpaired) electrons. The first-order chi connectivity index (χ1) is 65.5. The minimum atomic E-state index is -2.12. The second kappa shape index (κ2) is 48.1. The Bertz CT molecular complexity index is 5380. The molecule has 4 aliphatic heterocycles. The Kier molecular flexibility index (Phi) is 36.1. The molecular weight excluding hydrogens is 1750 g/mol. The standard InChI is InChI=1S/C98H132N18O20/c1-61(16-9-8-10-17-62(2)78(128-6)49-72-19-15-28-98(127,136-72)81(119)59-117)51-97(29-30-97)87(123)86(122)85(121)64(4)44-63(3)75(118)50-79(133-91(125)96(5)27-13-14-31-110-96)73(99)46-65-18-11-12-20-77(80(47-65)129-7)135-95(126)107-54-67-52-103-93(104-53-67)113-34-36-114(37-35-113)94-105-55-71(56-106-94)90(124)102-32-39-131-41-43-132-42-40-130-38-26-82(120)115-33-25-68-45-66(21-22-70(68)58-115)57-116-89-83(88(100)108-60-109-89)84(112-116)69-23-24-76-74(48-69)111-92(101)134-76/h8-10,16-17,21-24,44-45,48,52-53,55-56,59-61,63,65,72-73,77-80,85-86,110,121-122,127H,11-15,18-20,25-43,46-47,49-51,54,57-58,99H2,1-7H3,(H2,101,111)(H,102,124)(H,107,126)(H2,100,108,109)/b10-8+,16-9+,62-17+,64-44+/t61-,63-,65-,72+,73-,77-,78+,79+,80-,85-,86-,96+,98-/m1/s1. The Balaban J connectivity index is 0.480. The molecule has 734 valence electrons. The summed E-state index contributed by atoms with van der Waals surface area (Å²) in [5.74, 6) is -4.38. The number of nitrogens with zero attached hydrogens (tertiary/aromatic N) is 12. The average Bonchev–Trinajstić information content (AvgIpc) is 1.61. The Morgan fingerprint density at radius 3 is 2.17 bits per heavy atom. The van der Waals surface area contributed by atoms with Crippen LogP contribution in [-0.2, 0) is 92.7 Å². The van der Waals surface area contributed by atoms with Gasteiger partial charge >= 0.3 is 12.1 Å². The second-order valence-corrected chi connectivity index (χ2v) is 37.0. The molecule has 0 bridgehead atoms. The fourth-order valence-corrected chi connectivity index (χ4v) is 18.7. The number of hydrogen-bond donors (Lipinski definition) is 9. The molecule has 5 fully saturated rings. The van der Waals surface area contributed by atoms with E-state index in [1.165, 1.54) is 30.4 Å². The molecule has 9 heterocycles. The van der Waals surface area contributed by atoms with Crippen molar-refractivity contribution >= 4 is 93.4 Å². The number of anilines is 4. The van der Waals surface area contributed by atoms with Crippen LogP contribution in [0.4, 0.5) is 28.5 Å². The Morgan fingerprint density at radius 1 is 0.743 bits per heavy atom. The lowest BCUT2D eigenvalue weighted by molar-refractivity contribution is -0.242. The molecule has 38 nitrogen and oxygen atoms in total. The number of amides is 3. The summed E-state index contributed by atoms with van der Waals surface area (Å²) in [6.07, 6.45) is 21.5. The van der Waals surface area contributed by atoms with Gasteiger partial charge in [-0.25, -0.2) is 39.4 Å². The van der Waals surface area contributed by atoms with Gasteiger partial charge in [0.05, 0.1) is 81.9 Å². The molecule has 13 rings (SSSR count). The van der Waals surface area contributed by atoms with Gasteiger partial charge in [-0.3, -0.25) is 33.6 Å². The fraction of sp³-hybridized carbons (Fsp3) is 0.571. The van der Waals surface area contributed by atoms with E-state index in [9.17, 15) is 53.7 Å². The molecule has 7 aromatic rings. The number of piperazine rings is 1. The normalized spacial score (nSPS) is 22.2. The third kappa shape index (κ3) is 27.2. The number of aromatic nitrogens is 9. The highest BCUT2D eigenvalue weighted by Crippen LogP contribution is 2.53. The van der Waals surface area contributed by atoms with Crippen LogP contribution in [0.2, 0.25) is 0 Å². The van der Waals surface area contributed by atoms with E-state index in [2.05, 4.69) is 63.0 Å². The monoisotopic (exact) mass is 1880 g/mol. The van der Waals surface area contributed by atoms with Crippen molar-refractivity contribution in [3.63, 3.8) is 0 Å². The number of nitrogen functional groups attached to an aromatic ring is 2. The van der Waals surface area contributed by atoms with Gasteiger partial charge in [0, 0.05) is 139 Å². The van der Waals surface area contributed by atoms with Crippen LogP contribution in [0.1, 0.15) is 183 Å². The van der Waals surface area contributed by atoms with E-state index in [0.717, 1.165) is 54.4 Å². The van der Waals surface area contributed by atoms with E-state index in [1.807, 2.05) is 81.8 Å². The van der Waals surface area contributed by atoms with Crippen LogP contribution in [0, 0.1) is 23.2 Å². The number of ketones is 3. The molecule has 5 aromatic heterocycles. The summed E-state index contributed by atoms with van der Waals surface area (Å²) in [4.78, 5) is 143. The molecule has 12 N–H and O–H groups in total. The predicted octanol–water partition coefficient (Wildman–Crippen LogP) is 7.99. The van der Waals surface area contributed by atoms with Gasteiger partial charge in [0.2, 0.25) is 23.6 Å². The third-order valence-electron chi connectivity index (χ3n) is 26.8. The number of fused-ring (bicyclic) bond motifs is 3. The van der Waals surface area contributed by atoms with Crippen LogP contribution in [0.25, 0.3) is 33.4 Å². The predicted molar refractivity (Wildman–Crippen MR) is 504 cm³/mol. The highest BCUT2D eigenvalue weighted by atomic mass is 16.6. The molecule has 6 aliphatic rings. The zero-order valence-electron chi connectivity index (χ0n) is 78.9. The number of aldehydes is 1. The summed E-state index contributed by atoms with van der Waals surface area (Å²) in [6, 6.07) is 11.1. The van der Waals surface area contributed by atoms with Crippen LogP contribution >= 0.6 is 0 Å². The molecule has 0 spiro atoms. The number of piperidine rings is 1. The summed E-state index contributed by atoms with van der Waals surface area (Å²) in [7, 11) is 3.14. The van der Waals surface area contributed by atoms with Crippen LogP contribution in [0.3, 0.4) is 0 Å². The van der Waals surface area contributed by atoms with E-state index in [4.69, 9.17) is 64.6 Å². The number of oxazole rings is 1. The Hall–Kier alpha value is -11.3. The maximum absolute atomic E-state index is 14.4. The minimum Gasteiger partial charge on any atom is -0.459 e. The lowest BCUT2D eigenvalue weighted by Gasteiger charge is -2.36. The van der Waals surface area contributed by atoms with E-state index >= 15 is 0 Å². The number of ether oxygens (including phenoxy) is 8. The number of esters is 1. The highest BCUT2D eigenvalue weighted by molar-refractivity contribution is 6.28. The number of methoxy groups -OCH3 is 2. The average molecular weight is 1880 g/mol. The van der Waals surface area contributed by atoms with Gasteiger partial charge in [-0.2, -0.15) is 10.1 Å². The van der Waals surface area contributed by atoms with Crippen molar-refractivity contribution in [3.8, 4) is 11.3 Å². The molecular formula is C98H132N18O20. The first-order valence-corrected chi connectivity index (χ1v) is 47.4. The lowest BCUT2D eigenvalue weighted by atomic mass is 9.82. The van der Waals surface area contributed by atoms with E-state index in [-0.39, 0.29) is 99.0 Å². The molecule has 2 aliphatic carbocycles. The summed E-state index contributed by atoms with van der Waals surface area (Å²) in [5.41, 5.74) is 26.0. The number of nitrogens with one attached hydrogen (secondary N) is 3. The highest BCUT2D eigenvalue weighted by Gasteiger charge is 2.53. The minimum absolute atomic E-state index is 0.0210. The van der Waals surface area contributed by atoms with Gasteiger partial charge in [0.15, 0.2) is 23.3 Å². The van der Waals surface area contributed by atoms with Gasteiger partial charge < -0.3 is 105 Å². The number of Topliss-reactive ketones (excluding diaryl/α,β-unsaturated/α-hetero) is 3. The van der Waals surface area contributed by atoms with Crippen LogP contribution < -0.4 is 43.0 Å². The number of rotatable bonds is 46. The van der Waals surface area contributed by atoms with Crippen molar-refractivity contribution in [1.82, 2.24) is 65.5 Å². The van der Waals surface area contributed by atoms with Crippen molar-refractivity contribution in [3.05, 3.63) is 143 Å². The van der Waals surface area contributed by atoms with Crippen molar-refractivity contribution in [2.24, 2.45) is 28.9 Å². The van der Waals surface area contributed by atoms with Gasteiger partial charge in [-0.15, -0.1) is 0 Å². The molecule has 0 unspecified atom stereocenters. The number of carbonyl (C=O) groups excluding carboxylic acids is 8. The van der Waals surface area contributed by atoms with Gasteiger partial charge in [0.25, 0.3) is 17.7 Å². The third-order valence-corrected chi connectivity index (χ3v) is 26.8. The number of aliphatic hydroxyl groups is 3. The molecule has 13 atom stereocenters. The molecule has 3 amide bonds. The SMILES string of the molecule is CO[C@@H](C[C@@H]1CCC[C@](O)(C(=O)C=O)O1)/C(C)=C/C=C/C=C/[C@@H](C)CC1(C(=O)[C@H](O)[C@H](O)/C(C)=C/[C@@H](C)C(=O)C[C@H](OC(=O)[C@]2(C)CCCCN2)[C@H](N)C[C@H]2CCCC[C@@H](OC(=O)NCc3cnc(N4CCN(c5ncc(C(=O)NCCOCCOCCOCCC(=O)N6CCc7cc(Cn8nc(-c9ccc%10oc(N)nc%10c9)c9c(N)ncnc98)ccc7C6)cn5)CC4)nc3)[C@H](OC)C2)CC1. The van der Waals surface area contributed by atoms with E-state index in [0.29, 0.717) is 206 Å². The number of hydrogen-bond acceptors (Lipinski definition) is 34.